The summed E-state index contributed by atoms with van der Waals surface area (Å²) in [6.45, 7) is 2.00. The second-order valence-corrected chi connectivity index (χ2v) is 6.83. The fourth-order valence-corrected chi connectivity index (χ4v) is 2.95. The van der Waals surface area contributed by atoms with Gasteiger partial charge in [-0.15, -0.1) is 0 Å². The van der Waals surface area contributed by atoms with Crippen LogP contribution in [-0.2, 0) is 0 Å². The van der Waals surface area contributed by atoms with Gasteiger partial charge in [-0.05, 0) is 56.2 Å². The maximum absolute atomic E-state index is 12.6. The lowest BCUT2D eigenvalue weighted by Crippen LogP contribution is -2.34. The average molecular weight is 324 g/mol. The Labute approximate surface area is 139 Å². The first-order valence-electron chi connectivity index (χ1n) is 8.44. The predicted molar refractivity (Wildman–Crippen MR) is 88.7 cm³/mol. The maximum atomic E-state index is 12.6. The van der Waals surface area contributed by atoms with Crippen LogP contribution < -0.4 is 10.9 Å². The monoisotopic (exact) mass is 324 g/mol. The van der Waals surface area contributed by atoms with E-state index < -0.39 is 0 Å². The van der Waals surface area contributed by atoms with Crippen molar-refractivity contribution in [2.75, 3.05) is 0 Å². The summed E-state index contributed by atoms with van der Waals surface area (Å²) in [5.41, 5.74) is 1.66. The molecular weight excluding hydrogens is 304 g/mol. The Hall–Kier alpha value is -2.50. The molecule has 2 N–H and O–H groups in total. The minimum absolute atomic E-state index is 0.0673. The SMILES string of the molecule is Cc1ccnc([C@H](NC(=O)c2cnc(C3CC3)[nH]c2=O)C2CC2)c1. The Morgan fingerprint density at radius 3 is 2.71 bits per heavy atom. The quantitative estimate of drug-likeness (QED) is 0.883. The molecule has 1 amide bonds. The van der Waals surface area contributed by atoms with Crippen LogP contribution in [0.15, 0.2) is 29.3 Å². The molecular formula is C18H20N4O2. The smallest absolute Gasteiger partial charge is 0.263 e. The molecule has 2 fully saturated rings. The lowest BCUT2D eigenvalue weighted by molar-refractivity contribution is 0.0928. The average Bonchev–Trinajstić information content (AvgIpc) is 3.45. The molecule has 4 rings (SSSR count). The van der Waals surface area contributed by atoms with E-state index in [-0.39, 0.29) is 23.1 Å². The summed E-state index contributed by atoms with van der Waals surface area (Å²) in [4.78, 5) is 36.2. The van der Waals surface area contributed by atoms with Crippen molar-refractivity contribution in [2.24, 2.45) is 5.92 Å². The van der Waals surface area contributed by atoms with Gasteiger partial charge in [0.1, 0.15) is 11.4 Å². The molecule has 2 aromatic rings. The molecule has 2 heterocycles. The fraction of sp³-hybridized carbons (Fsp3) is 0.444. The number of carbonyl (C=O) groups excluding carboxylic acids is 1. The zero-order chi connectivity index (χ0) is 16.7. The first-order chi connectivity index (χ1) is 11.6. The number of carbonyl (C=O) groups is 1. The highest BCUT2D eigenvalue weighted by Gasteiger charge is 2.35. The highest BCUT2D eigenvalue weighted by atomic mass is 16.2. The number of aromatic nitrogens is 3. The number of nitrogens with zero attached hydrogens (tertiary/aromatic N) is 2. The number of hydrogen-bond acceptors (Lipinski definition) is 4. The van der Waals surface area contributed by atoms with Crippen molar-refractivity contribution < 1.29 is 4.79 Å². The fourth-order valence-electron chi connectivity index (χ4n) is 2.95. The summed E-state index contributed by atoms with van der Waals surface area (Å²) < 4.78 is 0. The Bertz CT molecular complexity index is 837. The van der Waals surface area contributed by atoms with Gasteiger partial charge in [0.25, 0.3) is 11.5 Å². The molecule has 24 heavy (non-hydrogen) atoms. The lowest BCUT2D eigenvalue weighted by atomic mass is 10.1. The van der Waals surface area contributed by atoms with Crippen LogP contribution in [0.2, 0.25) is 0 Å². The van der Waals surface area contributed by atoms with Gasteiger partial charge < -0.3 is 10.3 Å². The first kappa shape index (κ1) is 15.1. The predicted octanol–water partition coefficient (Wildman–Crippen LogP) is 2.23. The molecule has 0 spiro atoms. The van der Waals surface area contributed by atoms with Gasteiger partial charge in [-0.3, -0.25) is 14.6 Å². The summed E-state index contributed by atoms with van der Waals surface area (Å²) in [7, 11) is 0. The maximum Gasteiger partial charge on any atom is 0.263 e. The van der Waals surface area contributed by atoms with Crippen LogP contribution in [0, 0.1) is 12.8 Å². The third kappa shape index (κ3) is 3.09. The van der Waals surface area contributed by atoms with E-state index in [9.17, 15) is 9.59 Å². The van der Waals surface area contributed by atoms with Crippen LogP contribution >= 0.6 is 0 Å². The first-order valence-corrected chi connectivity index (χ1v) is 8.44. The van der Waals surface area contributed by atoms with E-state index in [1.165, 1.54) is 6.20 Å². The Balaban J connectivity index is 1.56. The number of aryl methyl sites for hydroxylation is 1. The molecule has 0 saturated heterocycles. The zero-order valence-corrected chi connectivity index (χ0v) is 13.6. The summed E-state index contributed by atoms with van der Waals surface area (Å²) in [5, 5.41) is 2.98. The van der Waals surface area contributed by atoms with Gasteiger partial charge in [-0.2, -0.15) is 0 Å². The number of nitrogens with one attached hydrogen (secondary N) is 2. The van der Waals surface area contributed by atoms with Crippen molar-refractivity contribution in [1.29, 1.82) is 0 Å². The van der Waals surface area contributed by atoms with Crippen molar-refractivity contribution in [3.8, 4) is 0 Å². The second-order valence-electron chi connectivity index (χ2n) is 6.83. The van der Waals surface area contributed by atoms with E-state index in [1.807, 2.05) is 19.1 Å². The highest BCUT2D eigenvalue weighted by Crippen LogP contribution is 2.40. The van der Waals surface area contributed by atoms with Crippen molar-refractivity contribution in [3.05, 3.63) is 57.5 Å². The highest BCUT2D eigenvalue weighted by molar-refractivity contribution is 5.93. The van der Waals surface area contributed by atoms with Crippen molar-refractivity contribution in [3.63, 3.8) is 0 Å². The molecule has 6 heteroatoms. The normalized spacial score (nSPS) is 18.2. The van der Waals surface area contributed by atoms with Crippen molar-refractivity contribution >= 4 is 5.91 Å². The number of rotatable bonds is 5. The van der Waals surface area contributed by atoms with Crippen LogP contribution in [0.25, 0.3) is 0 Å². The Morgan fingerprint density at radius 2 is 2.08 bits per heavy atom. The van der Waals surface area contributed by atoms with E-state index in [4.69, 9.17) is 0 Å². The van der Waals surface area contributed by atoms with Crippen LogP contribution in [0.5, 0.6) is 0 Å². The number of amides is 1. The Kier molecular flexibility index (Phi) is 3.67. The van der Waals surface area contributed by atoms with Gasteiger partial charge in [0.05, 0.1) is 11.7 Å². The van der Waals surface area contributed by atoms with Crippen LogP contribution in [0.1, 0.15) is 65.1 Å². The number of aromatic amines is 1. The van der Waals surface area contributed by atoms with E-state index in [0.717, 1.165) is 36.9 Å². The van der Waals surface area contributed by atoms with E-state index in [0.29, 0.717) is 17.7 Å². The van der Waals surface area contributed by atoms with Gasteiger partial charge >= 0.3 is 0 Å². The molecule has 2 aromatic heterocycles. The number of H-pyrrole nitrogens is 1. The van der Waals surface area contributed by atoms with Gasteiger partial charge in [-0.1, -0.05) is 0 Å². The van der Waals surface area contributed by atoms with Crippen LogP contribution in [0.4, 0.5) is 0 Å². The van der Waals surface area contributed by atoms with Crippen molar-refractivity contribution in [1.82, 2.24) is 20.3 Å². The number of pyridine rings is 1. The minimum Gasteiger partial charge on any atom is -0.343 e. The van der Waals surface area contributed by atoms with E-state index in [2.05, 4.69) is 20.3 Å². The molecule has 0 aliphatic heterocycles. The van der Waals surface area contributed by atoms with E-state index >= 15 is 0 Å². The van der Waals surface area contributed by atoms with Crippen LogP contribution in [-0.4, -0.2) is 20.9 Å². The molecule has 6 nitrogen and oxygen atoms in total. The van der Waals surface area contributed by atoms with Gasteiger partial charge in [0.2, 0.25) is 0 Å². The summed E-state index contributed by atoms with van der Waals surface area (Å²) >= 11 is 0. The molecule has 0 radical (unpaired) electrons. The molecule has 1 atom stereocenters. The summed E-state index contributed by atoms with van der Waals surface area (Å²) in [5.74, 6) is 1.05. The molecule has 2 aliphatic rings. The molecule has 0 aromatic carbocycles. The molecule has 2 saturated carbocycles. The summed E-state index contributed by atoms with van der Waals surface area (Å²) in [6.07, 6.45) is 7.39. The largest absolute Gasteiger partial charge is 0.343 e. The molecule has 2 aliphatic carbocycles. The van der Waals surface area contributed by atoms with Crippen LogP contribution in [0.3, 0.4) is 0 Å². The topological polar surface area (TPSA) is 87.7 Å². The minimum atomic E-state index is -0.383. The van der Waals surface area contributed by atoms with Crippen molar-refractivity contribution in [2.45, 2.75) is 44.6 Å². The lowest BCUT2D eigenvalue weighted by Gasteiger charge is -2.18. The van der Waals surface area contributed by atoms with Gasteiger partial charge in [-0.25, -0.2) is 4.98 Å². The molecule has 0 unspecified atom stereocenters. The number of hydrogen-bond donors (Lipinski definition) is 2. The summed E-state index contributed by atoms with van der Waals surface area (Å²) in [6, 6.07) is 3.77. The zero-order valence-electron chi connectivity index (χ0n) is 13.6. The third-order valence-electron chi connectivity index (χ3n) is 4.66. The molecule has 0 bridgehead atoms. The Morgan fingerprint density at radius 1 is 1.29 bits per heavy atom. The van der Waals surface area contributed by atoms with Gasteiger partial charge in [0, 0.05) is 18.3 Å². The standard InChI is InChI=1S/C18H20N4O2/c1-10-6-7-19-14(8-10)15(11-2-3-11)21-17(23)13-9-20-16(12-4-5-12)22-18(13)24/h6-9,11-12,15H,2-5H2,1H3,(H,21,23)(H,20,22,24)/t15-/m1/s1. The van der Waals surface area contributed by atoms with Gasteiger partial charge in [0.15, 0.2) is 0 Å². The third-order valence-corrected chi connectivity index (χ3v) is 4.66. The van der Waals surface area contributed by atoms with E-state index in [1.54, 1.807) is 6.20 Å². The second kappa shape index (κ2) is 5.85. The molecule has 124 valence electrons.